The van der Waals surface area contributed by atoms with Gasteiger partial charge in [0.25, 0.3) is 0 Å². The molecule has 1 saturated carbocycles. The molecule has 0 aromatic carbocycles. The number of hydrogen-bond acceptors (Lipinski definition) is 5. The van der Waals surface area contributed by atoms with Gasteiger partial charge >= 0.3 is 0 Å². The largest absolute Gasteiger partial charge is 0.343 e. The van der Waals surface area contributed by atoms with Crippen LogP contribution in [0, 0.1) is 5.92 Å². The van der Waals surface area contributed by atoms with Crippen molar-refractivity contribution in [3.8, 4) is 0 Å². The van der Waals surface area contributed by atoms with Gasteiger partial charge in [0.1, 0.15) is 0 Å². The summed E-state index contributed by atoms with van der Waals surface area (Å²) in [6.45, 7) is 3.05. The first-order valence-corrected chi connectivity index (χ1v) is 7.48. The molecular weight excluding hydrogens is 262 g/mol. The first-order valence-electron chi connectivity index (χ1n) is 7.10. The van der Waals surface area contributed by atoms with Gasteiger partial charge < -0.3 is 9.80 Å². The van der Waals surface area contributed by atoms with Crippen molar-refractivity contribution < 1.29 is 0 Å². The van der Waals surface area contributed by atoms with Crippen molar-refractivity contribution in [2.45, 2.75) is 32.1 Å². The maximum absolute atomic E-state index is 6.04. The van der Waals surface area contributed by atoms with Crippen molar-refractivity contribution in [1.82, 2.24) is 15.0 Å². The molecule has 0 N–H and O–H groups in total. The fourth-order valence-electron chi connectivity index (χ4n) is 2.70. The maximum Gasteiger partial charge on any atom is 0.231 e. The molecule has 0 radical (unpaired) electrons. The molecule has 6 heteroatoms. The number of hydrogen-bond donors (Lipinski definition) is 0. The van der Waals surface area contributed by atoms with Crippen LogP contribution in [-0.4, -0.2) is 41.6 Å². The van der Waals surface area contributed by atoms with Crippen molar-refractivity contribution >= 4 is 23.5 Å². The molecule has 1 saturated heterocycles. The first-order chi connectivity index (χ1) is 9.22. The summed E-state index contributed by atoms with van der Waals surface area (Å²) in [5.41, 5.74) is 0. The lowest BCUT2D eigenvalue weighted by Crippen LogP contribution is -2.31. The highest BCUT2D eigenvalue weighted by Gasteiger charge is 2.22. The Hall–Kier alpha value is -1.10. The highest BCUT2D eigenvalue weighted by molar-refractivity contribution is 6.28. The number of halogens is 1. The van der Waals surface area contributed by atoms with Crippen LogP contribution in [0.3, 0.4) is 0 Å². The summed E-state index contributed by atoms with van der Waals surface area (Å²) in [4.78, 5) is 17.4. The normalized spacial score (nSPS) is 19.6. The molecule has 0 spiro atoms. The van der Waals surface area contributed by atoms with Crippen molar-refractivity contribution in [1.29, 1.82) is 0 Å². The highest BCUT2D eigenvalue weighted by Crippen LogP contribution is 2.28. The molecule has 1 aromatic rings. The molecule has 0 unspecified atom stereocenters. The molecule has 2 aliphatic rings. The number of nitrogens with zero attached hydrogens (tertiary/aromatic N) is 5. The molecule has 1 aliphatic carbocycles. The molecule has 2 heterocycles. The van der Waals surface area contributed by atoms with E-state index in [1.807, 2.05) is 7.05 Å². The smallest absolute Gasteiger partial charge is 0.231 e. The lowest BCUT2D eigenvalue weighted by atomic mass is 9.85. The predicted molar refractivity (Wildman–Crippen MR) is 76.9 cm³/mol. The quantitative estimate of drug-likeness (QED) is 0.848. The van der Waals surface area contributed by atoms with E-state index in [1.165, 1.54) is 32.1 Å². The second-order valence-electron chi connectivity index (χ2n) is 5.58. The SMILES string of the molecule is CN(CC1CCC1)c1nc(Cl)nc(N2CCCC2)n1. The molecular formula is C13H20ClN5. The summed E-state index contributed by atoms with van der Waals surface area (Å²) >= 11 is 6.04. The minimum absolute atomic E-state index is 0.298. The third kappa shape index (κ3) is 2.91. The molecule has 19 heavy (non-hydrogen) atoms. The monoisotopic (exact) mass is 281 g/mol. The highest BCUT2D eigenvalue weighted by atomic mass is 35.5. The van der Waals surface area contributed by atoms with Crippen LogP contribution in [0.5, 0.6) is 0 Å². The van der Waals surface area contributed by atoms with E-state index in [4.69, 9.17) is 11.6 Å². The van der Waals surface area contributed by atoms with E-state index in [1.54, 1.807) is 0 Å². The van der Waals surface area contributed by atoms with E-state index in [9.17, 15) is 0 Å². The summed E-state index contributed by atoms with van der Waals surface area (Å²) in [5.74, 6) is 2.22. The minimum atomic E-state index is 0.298. The molecule has 0 atom stereocenters. The Kier molecular flexibility index (Phi) is 3.73. The summed E-state index contributed by atoms with van der Waals surface area (Å²) in [7, 11) is 2.04. The van der Waals surface area contributed by atoms with Gasteiger partial charge in [-0.2, -0.15) is 15.0 Å². The maximum atomic E-state index is 6.04. The van der Waals surface area contributed by atoms with Crippen LogP contribution in [0.2, 0.25) is 5.28 Å². The Morgan fingerprint density at radius 3 is 2.53 bits per heavy atom. The Bertz CT molecular complexity index is 443. The van der Waals surface area contributed by atoms with Gasteiger partial charge in [0.2, 0.25) is 17.2 Å². The van der Waals surface area contributed by atoms with Crippen LogP contribution in [0.25, 0.3) is 0 Å². The number of anilines is 2. The standard InChI is InChI=1S/C13H20ClN5/c1-18(9-10-5-4-6-10)12-15-11(14)16-13(17-12)19-7-2-3-8-19/h10H,2-9H2,1H3. The van der Waals surface area contributed by atoms with E-state index in [0.717, 1.165) is 31.5 Å². The molecule has 1 aromatic heterocycles. The molecule has 2 fully saturated rings. The second-order valence-corrected chi connectivity index (χ2v) is 5.91. The van der Waals surface area contributed by atoms with Gasteiger partial charge in [-0.05, 0) is 43.2 Å². The lowest BCUT2D eigenvalue weighted by molar-refractivity contribution is 0.320. The Balaban J connectivity index is 1.75. The van der Waals surface area contributed by atoms with Gasteiger partial charge in [-0.25, -0.2) is 0 Å². The van der Waals surface area contributed by atoms with Gasteiger partial charge in [0.05, 0.1) is 0 Å². The first kappa shape index (κ1) is 12.9. The van der Waals surface area contributed by atoms with Crippen LogP contribution in [0.4, 0.5) is 11.9 Å². The van der Waals surface area contributed by atoms with E-state index in [0.29, 0.717) is 11.2 Å². The average molecular weight is 282 g/mol. The third-order valence-corrected chi connectivity index (χ3v) is 4.24. The summed E-state index contributed by atoms with van der Waals surface area (Å²) in [6, 6.07) is 0. The second kappa shape index (κ2) is 5.49. The van der Waals surface area contributed by atoms with Crippen LogP contribution < -0.4 is 9.80 Å². The van der Waals surface area contributed by atoms with E-state index in [-0.39, 0.29) is 0 Å². The fraction of sp³-hybridized carbons (Fsp3) is 0.769. The van der Waals surface area contributed by atoms with Crippen molar-refractivity contribution in [3.05, 3.63) is 5.28 Å². The Morgan fingerprint density at radius 1 is 1.16 bits per heavy atom. The minimum Gasteiger partial charge on any atom is -0.343 e. The zero-order valence-corrected chi connectivity index (χ0v) is 12.1. The topological polar surface area (TPSA) is 45.2 Å². The van der Waals surface area contributed by atoms with Crippen LogP contribution in [0.15, 0.2) is 0 Å². The average Bonchev–Trinajstić information content (AvgIpc) is 2.86. The van der Waals surface area contributed by atoms with Crippen LogP contribution in [-0.2, 0) is 0 Å². The van der Waals surface area contributed by atoms with Crippen molar-refractivity contribution in [3.63, 3.8) is 0 Å². The van der Waals surface area contributed by atoms with Gasteiger partial charge in [-0.1, -0.05) is 6.42 Å². The molecule has 0 bridgehead atoms. The Labute approximate surface area is 119 Å². The van der Waals surface area contributed by atoms with Gasteiger partial charge in [-0.3, -0.25) is 0 Å². The van der Waals surface area contributed by atoms with Crippen molar-refractivity contribution in [2.24, 2.45) is 5.92 Å². The Morgan fingerprint density at radius 2 is 1.89 bits per heavy atom. The van der Waals surface area contributed by atoms with Gasteiger partial charge in [0.15, 0.2) is 0 Å². The van der Waals surface area contributed by atoms with Gasteiger partial charge in [-0.15, -0.1) is 0 Å². The summed E-state index contributed by atoms with van der Waals surface area (Å²) in [6.07, 6.45) is 6.41. The third-order valence-electron chi connectivity index (χ3n) is 4.07. The number of rotatable bonds is 4. The van der Waals surface area contributed by atoms with E-state index >= 15 is 0 Å². The molecule has 5 nitrogen and oxygen atoms in total. The molecule has 0 amide bonds. The van der Waals surface area contributed by atoms with E-state index in [2.05, 4.69) is 24.8 Å². The van der Waals surface area contributed by atoms with Crippen LogP contribution in [0.1, 0.15) is 32.1 Å². The fourth-order valence-corrected chi connectivity index (χ4v) is 2.85. The summed E-state index contributed by atoms with van der Waals surface area (Å²) in [5, 5.41) is 0.298. The van der Waals surface area contributed by atoms with Crippen LogP contribution >= 0.6 is 11.6 Å². The predicted octanol–water partition coefficient (Wildman–Crippen LogP) is 2.36. The molecule has 1 aliphatic heterocycles. The zero-order valence-electron chi connectivity index (χ0n) is 11.3. The van der Waals surface area contributed by atoms with E-state index < -0.39 is 0 Å². The van der Waals surface area contributed by atoms with Gasteiger partial charge in [0, 0.05) is 26.7 Å². The molecule has 104 valence electrons. The summed E-state index contributed by atoms with van der Waals surface area (Å²) < 4.78 is 0. The molecule has 3 rings (SSSR count). The lowest BCUT2D eigenvalue weighted by Gasteiger charge is -2.30. The van der Waals surface area contributed by atoms with Crippen molar-refractivity contribution in [2.75, 3.05) is 36.5 Å². The zero-order chi connectivity index (χ0) is 13.2. The number of aromatic nitrogens is 3.